The molecule has 0 saturated heterocycles. The molecule has 1 aliphatic carbocycles. The molecule has 0 spiro atoms. The molecule has 1 aromatic carbocycles. The smallest absolute Gasteiger partial charge is 0.326 e. The molecular weight excluding hydrogens is 414 g/mol. The molecule has 1 amide bonds. The van der Waals surface area contributed by atoms with E-state index < -0.39 is 5.69 Å². The summed E-state index contributed by atoms with van der Waals surface area (Å²) in [4.78, 5) is 38.2. The van der Waals surface area contributed by atoms with Gasteiger partial charge in [-0.3, -0.25) is 14.8 Å². The van der Waals surface area contributed by atoms with Crippen molar-refractivity contribution in [3.8, 4) is 11.6 Å². The second kappa shape index (κ2) is 7.69. The molecule has 0 radical (unpaired) electrons. The summed E-state index contributed by atoms with van der Waals surface area (Å²) in [6.45, 7) is 0. The topological polar surface area (TPSA) is 150 Å². The lowest BCUT2D eigenvalue weighted by atomic mass is 10.2. The third-order valence-electron chi connectivity index (χ3n) is 4.95. The van der Waals surface area contributed by atoms with Gasteiger partial charge < -0.3 is 20.1 Å². The lowest BCUT2D eigenvalue weighted by molar-refractivity contribution is 0.102. The average molecular weight is 433 g/mol. The van der Waals surface area contributed by atoms with Crippen LogP contribution in [0, 0.1) is 0 Å². The number of methoxy groups -OCH3 is 1. The highest BCUT2D eigenvalue weighted by atomic mass is 16.5. The SMILES string of the molecule is COc1cccc(C(=O)Nc2cc(=NC3CC3)n3ncc(=Cc4[nH]c(=O)[nH]c4O)c3n2)c1. The van der Waals surface area contributed by atoms with Gasteiger partial charge in [-0.2, -0.15) is 9.61 Å². The van der Waals surface area contributed by atoms with E-state index in [4.69, 9.17) is 4.74 Å². The zero-order valence-corrected chi connectivity index (χ0v) is 17.0. The third-order valence-corrected chi connectivity index (χ3v) is 4.95. The molecule has 11 nitrogen and oxygen atoms in total. The summed E-state index contributed by atoms with van der Waals surface area (Å²) in [5.41, 5.74) is 1.04. The fourth-order valence-electron chi connectivity index (χ4n) is 3.21. The molecule has 11 heteroatoms. The van der Waals surface area contributed by atoms with E-state index in [1.54, 1.807) is 41.0 Å². The third kappa shape index (κ3) is 3.83. The molecule has 0 bridgehead atoms. The molecule has 4 N–H and O–H groups in total. The Morgan fingerprint density at radius 2 is 2.19 bits per heavy atom. The van der Waals surface area contributed by atoms with Crippen LogP contribution in [-0.2, 0) is 0 Å². The number of aromatic amines is 2. The summed E-state index contributed by atoms with van der Waals surface area (Å²) in [7, 11) is 1.53. The van der Waals surface area contributed by atoms with Crippen LogP contribution in [-0.4, -0.2) is 48.7 Å². The standard InChI is InChI=1S/C21H19N7O4/c1-32-14-4-2-3-11(7-14)19(29)26-16-9-17(23-13-5-6-13)28-18(25-16)12(10-22-28)8-15-20(30)27-21(31)24-15/h2-4,7-10,13,30H,5-6H2,1H3,(H,26,29)(H2,24,27,31). The quantitative estimate of drug-likeness (QED) is 0.356. The number of H-pyrrole nitrogens is 2. The normalized spacial score (nSPS) is 14.8. The van der Waals surface area contributed by atoms with Crippen molar-refractivity contribution >= 4 is 23.4 Å². The Morgan fingerprint density at radius 3 is 2.91 bits per heavy atom. The van der Waals surface area contributed by atoms with Gasteiger partial charge in [0.15, 0.2) is 11.1 Å². The van der Waals surface area contributed by atoms with Crippen molar-refractivity contribution in [3.63, 3.8) is 0 Å². The van der Waals surface area contributed by atoms with Gasteiger partial charge in [-0.1, -0.05) is 6.07 Å². The predicted molar refractivity (Wildman–Crippen MR) is 114 cm³/mol. The highest BCUT2D eigenvalue weighted by molar-refractivity contribution is 6.04. The fourth-order valence-corrected chi connectivity index (χ4v) is 3.21. The molecular formula is C21H19N7O4. The average Bonchev–Trinajstić information content (AvgIpc) is 3.42. The van der Waals surface area contributed by atoms with E-state index >= 15 is 0 Å². The Labute approximate surface area is 180 Å². The number of fused-ring (bicyclic) bond motifs is 1. The van der Waals surface area contributed by atoms with Crippen LogP contribution in [0.4, 0.5) is 5.82 Å². The number of carbonyl (C=O) groups is 1. The molecule has 162 valence electrons. The van der Waals surface area contributed by atoms with Crippen molar-refractivity contribution < 1.29 is 14.6 Å². The number of aromatic nitrogens is 5. The predicted octanol–water partition coefficient (Wildman–Crippen LogP) is 0.323. The van der Waals surface area contributed by atoms with E-state index in [1.807, 2.05) is 0 Å². The number of hydrogen-bond donors (Lipinski definition) is 4. The number of anilines is 1. The van der Waals surface area contributed by atoms with Gasteiger partial charge in [-0.15, -0.1) is 0 Å². The molecule has 4 aromatic rings. The van der Waals surface area contributed by atoms with E-state index in [-0.39, 0.29) is 23.5 Å². The van der Waals surface area contributed by atoms with Gasteiger partial charge >= 0.3 is 5.69 Å². The molecule has 32 heavy (non-hydrogen) atoms. The van der Waals surface area contributed by atoms with Gasteiger partial charge in [0, 0.05) is 16.8 Å². The number of benzene rings is 1. The van der Waals surface area contributed by atoms with Crippen molar-refractivity contribution in [1.82, 2.24) is 24.6 Å². The van der Waals surface area contributed by atoms with Gasteiger partial charge in [0.25, 0.3) is 5.91 Å². The lowest BCUT2D eigenvalue weighted by Crippen LogP contribution is -2.22. The summed E-state index contributed by atoms with van der Waals surface area (Å²) in [6, 6.07) is 8.66. The number of imidazole rings is 1. The van der Waals surface area contributed by atoms with Crippen molar-refractivity contribution in [2.24, 2.45) is 4.99 Å². The molecule has 0 atom stereocenters. The molecule has 0 unspecified atom stereocenters. The minimum atomic E-state index is -0.533. The Kier molecular flexibility index (Phi) is 4.70. The Bertz CT molecular complexity index is 1510. The van der Waals surface area contributed by atoms with Gasteiger partial charge in [-0.05, 0) is 37.1 Å². The minimum absolute atomic E-state index is 0.193. The molecule has 1 aliphatic rings. The van der Waals surface area contributed by atoms with Crippen LogP contribution in [0.25, 0.3) is 11.7 Å². The fraction of sp³-hybridized carbons (Fsp3) is 0.190. The van der Waals surface area contributed by atoms with Crippen LogP contribution in [0.2, 0.25) is 0 Å². The maximum absolute atomic E-state index is 12.8. The van der Waals surface area contributed by atoms with E-state index in [0.717, 1.165) is 12.8 Å². The second-order valence-electron chi connectivity index (χ2n) is 7.37. The molecule has 3 aromatic heterocycles. The van der Waals surface area contributed by atoms with Crippen LogP contribution in [0.1, 0.15) is 28.9 Å². The number of aromatic hydroxyl groups is 1. The number of nitrogens with one attached hydrogen (secondary N) is 3. The van der Waals surface area contributed by atoms with Crippen LogP contribution >= 0.6 is 0 Å². The first-order valence-corrected chi connectivity index (χ1v) is 9.91. The molecule has 1 saturated carbocycles. The summed E-state index contributed by atoms with van der Waals surface area (Å²) < 4.78 is 6.74. The Balaban J connectivity index is 1.61. The first-order valence-electron chi connectivity index (χ1n) is 9.91. The number of carbonyl (C=O) groups excluding carboxylic acids is 1. The van der Waals surface area contributed by atoms with Crippen LogP contribution in [0.3, 0.4) is 0 Å². The minimum Gasteiger partial charge on any atom is -0.497 e. The second-order valence-corrected chi connectivity index (χ2v) is 7.37. The van der Waals surface area contributed by atoms with Crippen molar-refractivity contribution in [1.29, 1.82) is 0 Å². The summed E-state index contributed by atoms with van der Waals surface area (Å²) in [5, 5.41) is 17.6. The maximum atomic E-state index is 12.8. The Hall–Kier alpha value is -4.41. The molecule has 3 heterocycles. The zero-order valence-electron chi connectivity index (χ0n) is 17.0. The zero-order chi connectivity index (χ0) is 22.2. The van der Waals surface area contributed by atoms with Crippen LogP contribution in [0.5, 0.6) is 11.6 Å². The van der Waals surface area contributed by atoms with Gasteiger partial charge in [0.1, 0.15) is 17.3 Å². The van der Waals surface area contributed by atoms with E-state index in [2.05, 4.69) is 30.4 Å². The number of nitrogens with zero attached hydrogens (tertiary/aromatic N) is 4. The highest BCUT2D eigenvalue weighted by Gasteiger charge is 2.20. The molecule has 0 aliphatic heterocycles. The van der Waals surface area contributed by atoms with Crippen molar-refractivity contribution in [2.75, 3.05) is 12.4 Å². The summed E-state index contributed by atoms with van der Waals surface area (Å²) in [5.74, 6) is 0.223. The largest absolute Gasteiger partial charge is 0.497 e. The van der Waals surface area contributed by atoms with Gasteiger partial charge in [0.2, 0.25) is 5.88 Å². The van der Waals surface area contributed by atoms with E-state index in [1.165, 1.54) is 13.2 Å². The number of rotatable bonds is 5. The van der Waals surface area contributed by atoms with E-state index in [0.29, 0.717) is 33.5 Å². The summed E-state index contributed by atoms with van der Waals surface area (Å²) in [6.07, 6.45) is 5.08. The van der Waals surface area contributed by atoms with Crippen molar-refractivity contribution in [2.45, 2.75) is 18.9 Å². The number of ether oxygens (including phenoxy) is 1. The van der Waals surface area contributed by atoms with E-state index in [9.17, 15) is 14.7 Å². The van der Waals surface area contributed by atoms with Gasteiger partial charge in [0.05, 0.1) is 19.3 Å². The van der Waals surface area contributed by atoms with Crippen molar-refractivity contribution in [3.05, 3.63) is 69.0 Å². The first kappa shape index (κ1) is 19.5. The molecule has 5 rings (SSSR count). The lowest BCUT2D eigenvalue weighted by Gasteiger charge is -2.07. The monoisotopic (exact) mass is 433 g/mol. The number of amides is 1. The molecule has 1 fully saturated rings. The van der Waals surface area contributed by atoms with Crippen LogP contribution in [0.15, 0.2) is 46.3 Å². The number of hydrogen-bond acceptors (Lipinski definition) is 7. The first-order chi connectivity index (χ1) is 15.5. The maximum Gasteiger partial charge on any atom is 0.326 e. The summed E-state index contributed by atoms with van der Waals surface area (Å²) >= 11 is 0. The van der Waals surface area contributed by atoms with Gasteiger partial charge in [-0.25, -0.2) is 9.78 Å². The Morgan fingerprint density at radius 1 is 1.34 bits per heavy atom. The van der Waals surface area contributed by atoms with Crippen LogP contribution < -0.4 is 26.4 Å². The highest BCUT2D eigenvalue weighted by Crippen LogP contribution is 2.22.